The molecule has 0 spiro atoms. The fourth-order valence-electron chi connectivity index (χ4n) is 4.03. The Bertz CT molecular complexity index is 944. The van der Waals surface area contributed by atoms with E-state index in [0.717, 1.165) is 28.3 Å². The number of aromatic nitrogens is 2. The monoisotopic (exact) mass is 335 g/mol. The molecule has 1 heterocycles. The molecule has 1 saturated carbocycles. The van der Waals surface area contributed by atoms with Gasteiger partial charge in [0.15, 0.2) is 0 Å². The van der Waals surface area contributed by atoms with E-state index in [0.29, 0.717) is 0 Å². The first kappa shape index (κ1) is 16.0. The quantitative estimate of drug-likeness (QED) is 0.755. The van der Waals surface area contributed by atoms with Gasteiger partial charge >= 0.3 is 5.69 Å². The molecule has 4 heteroatoms. The van der Waals surface area contributed by atoms with E-state index in [1.165, 1.54) is 37.7 Å². The molecule has 0 atom stereocenters. The molecule has 0 aliphatic heterocycles. The van der Waals surface area contributed by atoms with Gasteiger partial charge in [0.2, 0.25) is 0 Å². The minimum Gasteiger partial charge on any atom is -0.355 e. The molecule has 0 unspecified atom stereocenters. The molecule has 1 aromatic heterocycles. The lowest BCUT2D eigenvalue weighted by Gasteiger charge is -2.22. The summed E-state index contributed by atoms with van der Waals surface area (Å²) in [6.07, 6.45) is 6.76. The average molecular weight is 335 g/mol. The van der Waals surface area contributed by atoms with E-state index in [-0.39, 0.29) is 5.69 Å². The lowest BCUT2D eigenvalue weighted by atomic mass is 9.84. The molecule has 4 rings (SSSR count). The number of imidazole rings is 1. The van der Waals surface area contributed by atoms with E-state index in [1.54, 1.807) is 9.13 Å². The number of hydrogen-bond donors (Lipinski definition) is 1. The van der Waals surface area contributed by atoms with E-state index >= 15 is 0 Å². The summed E-state index contributed by atoms with van der Waals surface area (Å²) in [6.45, 7) is 0. The van der Waals surface area contributed by atoms with Crippen molar-refractivity contribution in [1.82, 2.24) is 9.13 Å². The van der Waals surface area contributed by atoms with Gasteiger partial charge in [0.25, 0.3) is 0 Å². The molecule has 130 valence electrons. The van der Waals surface area contributed by atoms with Crippen LogP contribution in [0.15, 0.2) is 47.3 Å². The van der Waals surface area contributed by atoms with Gasteiger partial charge in [-0.1, -0.05) is 31.4 Å². The molecule has 25 heavy (non-hydrogen) atoms. The Labute approximate surface area is 148 Å². The van der Waals surface area contributed by atoms with Crippen LogP contribution in [-0.4, -0.2) is 9.13 Å². The molecule has 0 amide bonds. The fraction of sp³-hybridized carbons (Fsp3) is 0.381. The van der Waals surface area contributed by atoms with Crippen LogP contribution in [0.1, 0.15) is 43.6 Å². The summed E-state index contributed by atoms with van der Waals surface area (Å²) in [5.41, 5.74) is 5.44. The minimum absolute atomic E-state index is 0.00369. The Morgan fingerprint density at radius 2 is 1.48 bits per heavy atom. The number of anilines is 2. The molecular weight excluding hydrogens is 310 g/mol. The summed E-state index contributed by atoms with van der Waals surface area (Å²) in [5.74, 6) is 0.734. The van der Waals surface area contributed by atoms with Crippen LogP contribution in [0.4, 0.5) is 11.4 Å². The van der Waals surface area contributed by atoms with E-state index in [1.807, 2.05) is 32.3 Å². The van der Waals surface area contributed by atoms with Gasteiger partial charge in [0.1, 0.15) is 0 Å². The molecule has 1 fully saturated rings. The highest BCUT2D eigenvalue weighted by atomic mass is 16.1. The third kappa shape index (κ3) is 2.97. The highest BCUT2D eigenvalue weighted by Gasteiger charge is 2.15. The zero-order valence-electron chi connectivity index (χ0n) is 15.0. The third-order valence-corrected chi connectivity index (χ3v) is 5.55. The van der Waals surface area contributed by atoms with Crippen LogP contribution in [0.3, 0.4) is 0 Å². The summed E-state index contributed by atoms with van der Waals surface area (Å²) in [7, 11) is 3.62. The van der Waals surface area contributed by atoms with Crippen LogP contribution in [0.2, 0.25) is 0 Å². The first-order valence-corrected chi connectivity index (χ1v) is 9.16. The average Bonchev–Trinajstić information content (AvgIpc) is 2.87. The van der Waals surface area contributed by atoms with Crippen LogP contribution in [-0.2, 0) is 14.1 Å². The Hall–Kier alpha value is -2.49. The maximum absolute atomic E-state index is 12.1. The van der Waals surface area contributed by atoms with Gasteiger partial charge in [0.05, 0.1) is 11.0 Å². The van der Waals surface area contributed by atoms with Crippen molar-refractivity contribution in [1.29, 1.82) is 0 Å². The zero-order chi connectivity index (χ0) is 17.4. The van der Waals surface area contributed by atoms with Gasteiger partial charge in [0, 0.05) is 25.5 Å². The Morgan fingerprint density at radius 1 is 0.840 bits per heavy atom. The summed E-state index contributed by atoms with van der Waals surface area (Å²) < 4.78 is 3.37. The summed E-state index contributed by atoms with van der Waals surface area (Å²) in [5, 5.41) is 3.46. The molecule has 1 aliphatic carbocycles. The van der Waals surface area contributed by atoms with Crippen LogP contribution in [0, 0.1) is 0 Å². The van der Waals surface area contributed by atoms with Gasteiger partial charge in [-0.2, -0.15) is 0 Å². The second-order valence-corrected chi connectivity index (χ2v) is 7.19. The van der Waals surface area contributed by atoms with Crippen molar-refractivity contribution < 1.29 is 0 Å². The van der Waals surface area contributed by atoms with Gasteiger partial charge in [-0.25, -0.2) is 4.79 Å². The van der Waals surface area contributed by atoms with Crippen molar-refractivity contribution in [3.05, 3.63) is 58.5 Å². The second kappa shape index (κ2) is 6.43. The molecule has 1 aliphatic rings. The number of aryl methyl sites for hydroxylation is 2. The third-order valence-electron chi connectivity index (χ3n) is 5.55. The molecule has 0 bridgehead atoms. The largest absolute Gasteiger partial charge is 0.355 e. The lowest BCUT2D eigenvalue weighted by Crippen LogP contribution is -2.19. The van der Waals surface area contributed by atoms with Gasteiger partial charge in [-0.3, -0.25) is 9.13 Å². The van der Waals surface area contributed by atoms with Gasteiger partial charge < -0.3 is 5.32 Å². The number of nitrogens with zero attached hydrogens (tertiary/aromatic N) is 2. The van der Waals surface area contributed by atoms with Crippen LogP contribution < -0.4 is 11.0 Å². The SMILES string of the molecule is Cn1c(=O)n(C)c2cc(Nc3ccc(C4CCCCC4)cc3)ccc21. The predicted molar refractivity (Wildman–Crippen MR) is 104 cm³/mol. The topological polar surface area (TPSA) is 39.0 Å². The standard InChI is InChI=1S/C21H25N3O/c1-23-19-13-12-18(14-20(19)24(2)21(23)25)22-17-10-8-16(9-11-17)15-6-4-3-5-7-15/h8-15,22H,3-7H2,1-2H3. The van der Waals surface area contributed by atoms with Crippen molar-refractivity contribution in [2.75, 3.05) is 5.32 Å². The highest BCUT2D eigenvalue weighted by molar-refractivity contribution is 5.81. The molecule has 1 N–H and O–H groups in total. The number of rotatable bonds is 3. The predicted octanol–water partition coefficient (Wildman–Crippen LogP) is 4.67. The number of fused-ring (bicyclic) bond motifs is 1. The highest BCUT2D eigenvalue weighted by Crippen LogP contribution is 2.33. The van der Waals surface area contributed by atoms with Gasteiger partial charge in [-0.05, 0) is 54.7 Å². The Balaban J connectivity index is 1.56. The zero-order valence-corrected chi connectivity index (χ0v) is 15.0. The number of nitrogens with one attached hydrogen (secondary N) is 1. The number of hydrogen-bond acceptors (Lipinski definition) is 2. The van der Waals surface area contributed by atoms with Crippen LogP contribution in [0.25, 0.3) is 11.0 Å². The molecule has 0 radical (unpaired) electrons. The van der Waals surface area contributed by atoms with Crippen molar-refractivity contribution in [3.63, 3.8) is 0 Å². The molecular formula is C21H25N3O. The summed E-state index contributed by atoms with van der Waals surface area (Å²) in [6, 6.07) is 14.9. The maximum atomic E-state index is 12.1. The molecule has 2 aromatic carbocycles. The van der Waals surface area contributed by atoms with Crippen molar-refractivity contribution >= 4 is 22.4 Å². The smallest absolute Gasteiger partial charge is 0.328 e. The Morgan fingerprint density at radius 3 is 2.20 bits per heavy atom. The van der Waals surface area contributed by atoms with Crippen molar-refractivity contribution in [3.8, 4) is 0 Å². The lowest BCUT2D eigenvalue weighted by molar-refractivity contribution is 0.443. The van der Waals surface area contributed by atoms with Crippen molar-refractivity contribution in [2.24, 2.45) is 14.1 Å². The second-order valence-electron chi connectivity index (χ2n) is 7.19. The summed E-state index contributed by atoms with van der Waals surface area (Å²) >= 11 is 0. The van der Waals surface area contributed by atoms with E-state index in [9.17, 15) is 4.79 Å². The molecule has 0 saturated heterocycles. The number of benzene rings is 2. The summed E-state index contributed by atoms with van der Waals surface area (Å²) in [4.78, 5) is 12.1. The van der Waals surface area contributed by atoms with E-state index in [2.05, 4.69) is 29.6 Å². The van der Waals surface area contributed by atoms with Crippen LogP contribution in [0.5, 0.6) is 0 Å². The first-order valence-electron chi connectivity index (χ1n) is 9.16. The molecule has 4 nitrogen and oxygen atoms in total. The van der Waals surface area contributed by atoms with Gasteiger partial charge in [-0.15, -0.1) is 0 Å². The van der Waals surface area contributed by atoms with Crippen molar-refractivity contribution in [2.45, 2.75) is 38.0 Å². The molecule has 3 aromatic rings. The first-order chi connectivity index (χ1) is 12.1. The van der Waals surface area contributed by atoms with E-state index in [4.69, 9.17) is 0 Å². The maximum Gasteiger partial charge on any atom is 0.328 e. The fourth-order valence-corrected chi connectivity index (χ4v) is 4.03. The normalized spacial score (nSPS) is 15.6. The minimum atomic E-state index is 0.00369. The van der Waals surface area contributed by atoms with E-state index < -0.39 is 0 Å². The Kier molecular flexibility index (Phi) is 4.12. The van der Waals surface area contributed by atoms with Crippen LogP contribution >= 0.6 is 0 Å².